The lowest BCUT2D eigenvalue weighted by Gasteiger charge is -2.35. The van der Waals surface area contributed by atoms with Crippen LogP contribution in [0.4, 0.5) is 13.2 Å². The van der Waals surface area contributed by atoms with Gasteiger partial charge in [-0.15, -0.1) is 11.3 Å². The van der Waals surface area contributed by atoms with Crippen LogP contribution in [0.1, 0.15) is 35.1 Å². The van der Waals surface area contributed by atoms with Gasteiger partial charge in [0.15, 0.2) is 0 Å². The van der Waals surface area contributed by atoms with E-state index in [1.165, 1.54) is 29.1 Å². The Morgan fingerprint density at radius 1 is 1.38 bits per heavy atom. The second kappa shape index (κ2) is 9.23. The summed E-state index contributed by atoms with van der Waals surface area (Å²) in [7, 11) is 2.04. The van der Waals surface area contributed by atoms with Crippen molar-refractivity contribution in [2.45, 2.75) is 38.0 Å². The van der Waals surface area contributed by atoms with E-state index in [1.54, 1.807) is 11.3 Å². The van der Waals surface area contributed by atoms with Crippen LogP contribution in [0.15, 0.2) is 17.8 Å². The molecule has 1 atom stereocenters. The van der Waals surface area contributed by atoms with Crippen LogP contribution in [-0.4, -0.2) is 56.7 Å². The Morgan fingerprint density at radius 2 is 2.10 bits per heavy atom. The molecule has 0 radical (unpaired) electrons. The molecular weight excluding hydrogens is 409 g/mol. The van der Waals surface area contributed by atoms with Crippen LogP contribution in [0.25, 0.3) is 0 Å². The number of fused-ring (bicyclic) bond motifs is 1. The number of ether oxygens (including phenoxy) is 1. The van der Waals surface area contributed by atoms with Crippen molar-refractivity contribution in [1.29, 1.82) is 0 Å². The number of halogens is 3. The summed E-state index contributed by atoms with van der Waals surface area (Å²) in [5.41, 5.74) is 2.69. The molecule has 1 saturated carbocycles. The van der Waals surface area contributed by atoms with Crippen LogP contribution in [0, 0.1) is 5.92 Å². The van der Waals surface area contributed by atoms with Gasteiger partial charge in [-0.1, -0.05) is 0 Å². The molecule has 2 aromatic rings. The van der Waals surface area contributed by atoms with Gasteiger partial charge in [0.2, 0.25) is 0 Å². The average molecular weight is 432 g/mol. The van der Waals surface area contributed by atoms with Crippen LogP contribution in [0.3, 0.4) is 0 Å². The van der Waals surface area contributed by atoms with Crippen molar-refractivity contribution in [3.63, 3.8) is 0 Å². The first-order valence-corrected chi connectivity index (χ1v) is 10.1. The number of hydrogen-bond donors (Lipinski definition) is 1. The Hall–Kier alpha value is -1.98. The van der Waals surface area contributed by atoms with E-state index in [4.69, 9.17) is 14.6 Å². The minimum Gasteiger partial charge on any atom is -0.475 e. The molecule has 1 unspecified atom stereocenters. The Kier molecular flexibility index (Phi) is 6.91. The molecule has 0 bridgehead atoms. The minimum atomic E-state index is -5.08. The number of carbonyl (C=O) groups is 1. The third-order valence-electron chi connectivity index (χ3n) is 4.88. The Labute approximate surface area is 170 Å². The van der Waals surface area contributed by atoms with Crippen LogP contribution in [-0.2, 0) is 29.5 Å². The third kappa shape index (κ3) is 6.00. The third-order valence-corrected chi connectivity index (χ3v) is 5.64. The lowest BCUT2D eigenvalue weighted by atomic mass is 10.0. The Balaban J connectivity index is 0.000000298. The van der Waals surface area contributed by atoms with E-state index in [2.05, 4.69) is 15.0 Å². The van der Waals surface area contributed by atoms with Gasteiger partial charge >= 0.3 is 12.1 Å². The zero-order chi connectivity index (χ0) is 21.0. The summed E-state index contributed by atoms with van der Waals surface area (Å²) in [5, 5.41) is 14.8. The van der Waals surface area contributed by atoms with Gasteiger partial charge in [-0.3, -0.25) is 9.58 Å². The lowest BCUT2D eigenvalue weighted by Crippen LogP contribution is -2.38. The molecule has 0 spiro atoms. The fourth-order valence-corrected chi connectivity index (χ4v) is 3.86. The maximum Gasteiger partial charge on any atom is 0.490 e. The molecule has 160 valence electrons. The second-order valence-electron chi connectivity index (χ2n) is 7.12. The van der Waals surface area contributed by atoms with Crippen molar-refractivity contribution in [3.05, 3.63) is 34.0 Å². The number of alkyl halides is 3. The first-order chi connectivity index (χ1) is 13.8. The van der Waals surface area contributed by atoms with E-state index in [1.807, 2.05) is 29.5 Å². The molecule has 3 heterocycles. The van der Waals surface area contributed by atoms with E-state index in [0.29, 0.717) is 6.04 Å². The number of aliphatic carboxylic acids is 1. The molecule has 1 N–H and O–H groups in total. The Morgan fingerprint density at radius 3 is 2.69 bits per heavy atom. The quantitative estimate of drug-likeness (QED) is 0.756. The summed E-state index contributed by atoms with van der Waals surface area (Å²) in [4.78, 5) is 15.8. The average Bonchev–Trinajstić information content (AvgIpc) is 3.18. The summed E-state index contributed by atoms with van der Waals surface area (Å²) in [5.74, 6) is -1.95. The monoisotopic (exact) mass is 432 g/mol. The highest BCUT2D eigenvalue weighted by Gasteiger charge is 2.38. The van der Waals surface area contributed by atoms with Crippen molar-refractivity contribution in [2.75, 3.05) is 19.8 Å². The predicted molar refractivity (Wildman–Crippen MR) is 99.4 cm³/mol. The normalized spacial score (nSPS) is 19.4. The molecular formula is C18H23F3N4O3S. The van der Waals surface area contributed by atoms with Crippen molar-refractivity contribution in [3.8, 4) is 0 Å². The predicted octanol–water partition coefficient (Wildman–Crippen LogP) is 3.04. The first-order valence-electron chi connectivity index (χ1n) is 9.26. The van der Waals surface area contributed by atoms with Crippen LogP contribution in [0.5, 0.6) is 0 Å². The Bertz CT molecular complexity index is 806. The van der Waals surface area contributed by atoms with Gasteiger partial charge in [-0.2, -0.15) is 18.3 Å². The van der Waals surface area contributed by atoms with Gasteiger partial charge in [-0.25, -0.2) is 9.78 Å². The molecule has 11 heteroatoms. The molecule has 4 rings (SSSR count). The lowest BCUT2D eigenvalue weighted by molar-refractivity contribution is -0.192. The van der Waals surface area contributed by atoms with Gasteiger partial charge in [0.1, 0.15) is 5.01 Å². The SMILES string of the molecule is Cn1ncc2c1C(COCC1CC1)N(Cc1nccs1)CC2.O=C(O)C(F)(F)F. The van der Waals surface area contributed by atoms with Crippen molar-refractivity contribution in [2.24, 2.45) is 13.0 Å². The fourth-order valence-electron chi connectivity index (χ4n) is 3.22. The number of aryl methyl sites for hydroxylation is 1. The number of rotatable bonds is 6. The van der Waals surface area contributed by atoms with E-state index in [-0.39, 0.29) is 0 Å². The maximum atomic E-state index is 10.6. The highest BCUT2D eigenvalue weighted by atomic mass is 32.1. The molecule has 1 aliphatic heterocycles. The van der Waals surface area contributed by atoms with Gasteiger partial charge < -0.3 is 9.84 Å². The molecule has 1 aliphatic carbocycles. The maximum absolute atomic E-state index is 10.6. The largest absolute Gasteiger partial charge is 0.490 e. The zero-order valence-corrected chi connectivity index (χ0v) is 16.7. The van der Waals surface area contributed by atoms with Crippen molar-refractivity contribution >= 4 is 17.3 Å². The van der Waals surface area contributed by atoms with Crippen LogP contribution < -0.4 is 0 Å². The summed E-state index contributed by atoms with van der Waals surface area (Å²) in [6.07, 6.45) is 2.56. The second-order valence-corrected chi connectivity index (χ2v) is 8.10. The van der Waals surface area contributed by atoms with Gasteiger partial charge in [0, 0.05) is 31.8 Å². The first kappa shape index (κ1) is 21.7. The van der Waals surface area contributed by atoms with Gasteiger partial charge in [-0.05, 0) is 30.7 Å². The molecule has 29 heavy (non-hydrogen) atoms. The number of carboxylic acids is 1. The smallest absolute Gasteiger partial charge is 0.475 e. The molecule has 0 amide bonds. The standard InChI is InChI=1S/C16H22N4OS.C2HF3O2/c1-19-16-13(8-18-19)4-6-20(9-15-17-5-7-22-15)14(16)11-21-10-12-2-3-12;3-2(4,5)1(6)7/h5,7-8,12,14H,2-4,6,9-11H2,1H3;(H,6,7). The number of carboxylic acid groups (broad SMARTS) is 1. The molecule has 7 nitrogen and oxygen atoms in total. The highest BCUT2D eigenvalue weighted by Crippen LogP contribution is 2.33. The number of nitrogens with zero attached hydrogens (tertiary/aromatic N) is 4. The molecule has 1 fully saturated rings. The summed E-state index contributed by atoms with van der Waals surface area (Å²) in [6, 6.07) is 0.291. The number of thiazole rings is 1. The molecule has 0 aromatic carbocycles. The van der Waals surface area contributed by atoms with E-state index >= 15 is 0 Å². The molecule has 0 saturated heterocycles. The summed E-state index contributed by atoms with van der Waals surface area (Å²) in [6.45, 7) is 3.62. The van der Waals surface area contributed by atoms with E-state index in [0.717, 1.165) is 38.6 Å². The van der Waals surface area contributed by atoms with Crippen molar-refractivity contribution < 1.29 is 27.8 Å². The van der Waals surface area contributed by atoms with Gasteiger partial charge in [0.25, 0.3) is 0 Å². The molecule has 2 aromatic heterocycles. The fraction of sp³-hybridized carbons (Fsp3) is 0.611. The van der Waals surface area contributed by atoms with Crippen LogP contribution in [0.2, 0.25) is 0 Å². The highest BCUT2D eigenvalue weighted by molar-refractivity contribution is 7.09. The van der Waals surface area contributed by atoms with Crippen LogP contribution >= 0.6 is 11.3 Å². The van der Waals surface area contributed by atoms with E-state index < -0.39 is 12.1 Å². The number of hydrogen-bond acceptors (Lipinski definition) is 6. The van der Waals surface area contributed by atoms with Gasteiger partial charge in [0.05, 0.1) is 31.1 Å². The zero-order valence-electron chi connectivity index (χ0n) is 15.9. The minimum absolute atomic E-state index is 0.291. The van der Waals surface area contributed by atoms with Crippen molar-refractivity contribution in [1.82, 2.24) is 19.7 Å². The van der Waals surface area contributed by atoms with E-state index in [9.17, 15) is 13.2 Å². The number of aromatic nitrogens is 3. The topological polar surface area (TPSA) is 80.5 Å². The summed E-state index contributed by atoms with van der Waals surface area (Å²) >= 11 is 1.73. The summed E-state index contributed by atoms with van der Waals surface area (Å²) < 4.78 is 39.8. The molecule has 2 aliphatic rings.